The second-order valence-electron chi connectivity index (χ2n) is 3.16. The predicted molar refractivity (Wildman–Crippen MR) is 54.1 cm³/mol. The number of carbonyl (C=O) groups is 3. The fourth-order valence-electron chi connectivity index (χ4n) is 1.02. The van der Waals surface area contributed by atoms with Gasteiger partial charge in [-0.25, -0.2) is 14.4 Å². The fourth-order valence-corrected chi connectivity index (χ4v) is 1.02. The van der Waals surface area contributed by atoms with Crippen molar-refractivity contribution in [2.45, 2.75) is 18.5 Å². The Morgan fingerprint density at radius 3 is 2.12 bits per heavy atom. The minimum absolute atomic E-state index is 0.0917. The van der Waals surface area contributed by atoms with Gasteiger partial charge in [-0.1, -0.05) is 0 Å². The summed E-state index contributed by atoms with van der Waals surface area (Å²) in [7, 11) is 0. The first-order valence-corrected chi connectivity index (χ1v) is 4.41. The van der Waals surface area contributed by atoms with Crippen LogP contribution in [-0.4, -0.2) is 35.3 Å². The first kappa shape index (κ1) is 14.0. The summed E-state index contributed by atoms with van der Waals surface area (Å²) in [6.07, 6.45) is 0.136. The molecule has 1 atom stereocenters. The zero-order chi connectivity index (χ0) is 12.8. The molecule has 9 heteroatoms. The van der Waals surface area contributed by atoms with Crippen LogP contribution >= 0.6 is 0 Å². The van der Waals surface area contributed by atoms with E-state index in [1.807, 2.05) is 5.32 Å². The molecule has 0 bridgehead atoms. The molecule has 0 unspecified atom stereocenters. The van der Waals surface area contributed by atoms with Gasteiger partial charge in [-0.05, 0) is 12.8 Å². The van der Waals surface area contributed by atoms with Crippen LogP contribution < -0.4 is 27.8 Å². The molecule has 0 aliphatic heterocycles. The average Bonchev–Trinajstić information content (AvgIpc) is 2.10. The summed E-state index contributed by atoms with van der Waals surface area (Å²) < 4.78 is 0. The lowest BCUT2D eigenvalue weighted by Crippen LogP contribution is -2.62. The van der Waals surface area contributed by atoms with Gasteiger partial charge in [0.15, 0.2) is 5.66 Å². The van der Waals surface area contributed by atoms with E-state index in [9.17, 15) is 14.4 Å². The molecule has 9 nitrogen and oxygen atoms in total. The van der Waals surface area contributed by atoms with Crippen LogP contribution in [0.5, 0.6) is 0 Å². The number of carboxylic acids is 1. The number of hydrogen-bond donors (Lipinski definition) is 6. The van der Waals surface area contributed by atoms with E-state index in [0.29, 0.717) is 0 Å². The highest BCUT2D eigenvalue weighted by Crippen LogP contribution is 2.05. The van der Waals surface area contributed by atoms with Crippen molar-refractivity contribution in [2.24, 2.45) is 17.2 Å². The molecule has 0 rings (SSSR count). The maximum Gasteiger partial charge on any atom is 0.344 e. The number of primary amides is 2. The van der Waals surface area contributed by atoms with Gasteiger partial charge in [0.05, 0.1) is 0 Å². The van der Waals surface area contributed by atoms with Crippen molar-refractivity contribution in [1.29, 1.82) is 0 Å². The summed E-state index contributed by atoms with van der Waals surface area (Å²) in [5, 5.41) is 13.0. The van der Waals surface area contributed by atoms with E-state index in [4.69, 9.17) is 22.3 Å². The fraction of sp³-hybridized carbons (Fsp3) is 0.571. The number of aliphatic carboxylic acids is 1. The number of amides is 4. The lowest BCUT2D eigenvalue weighted by molar-refractivity contribution is -0.144. The molecule has 16 heavy (non-hydrogen) atoms. The molecule has 0 aliphatic carbocycles. The molecule has 0 spiro atoms. The van der Waals surface area contributed by atoms with Crippen molar-refractivity contribution in [3.8, 4) is 0 Å². The Balaban J connectivity index is 4.18. The van der Waals surface area contributed by atoms with Crippen LogP contribution in [0, 0.1) is 0 Å². The largest absolute Gasteiger partial charge is 0.478 e. The Morgan fingerprint density at radius 1 is 1.19 bits per heavy atom. The lowest BCUT2D eigenvalue weighted by atomic mass is 10.1. The zero-order valence-corrected chi connectivity index (χ0v) is 8.53. The standard InChI is InChI=1S/C7H15N5O4/c8-5(15)11-3-1-2-7(10,4(13)14)12-6(9)16/h1-3,10H2,(H,13,14)(H3,8,11,15)(H3,9,12,16)/t7-/m1/s1. The van der Waals surface area contributed by atoms with Gasteiger partial charge in [0.2, 0.25) is 0 Å². The van der Waals surface area contributed by atoms with Crippen molar-refractivity contribution in [2.75, 3.05) is 6.54 Å². The van der Waals surface area contributed by atoms with Crippen LogP contribution in [0.15, 0.2) is 0 Å². The van der Waals surface area contributed by atoms with Gasteiger partial charge in [-0.2, -0.15) is 0 Å². The van der Waals surface area contributed by atoms with Gasteiger partial charge >= 0.3 is 18.0 Å². The molecule has 0 aromatic heterocycles. The molecule has 92 valence electrons. The monoisotopic (exact) mass is 233 g/mol. The van der Waals surface area contributed by atoms with Crippen LogP contribution in [0.2, 0.25) is 0 Å². The minimum atomic E-state index is -1.94. The highest BCUT2D eigenvalue weighted by atomic mass is 16.4. The number of carboxylic acid groups (broad SMARTS) is 1. The van der Waals surface area contributed by atoms with Gasteiger partial charge in [0, 0.05) is 6.54 Å². The molecule has 4 amide bonds. The van der Waals surface area contributed by atoms with E-state index < -0.39 is 23.7 Å². The molecule has 0 fully saturated rings. The smallest absolute Gasteiger partial charge is 0.344 e. The summed E-state index contributed by atoms with van der Waals surface area (Å²) in [4.78, 5) is 31.6. The highest BCUT2D eigenvalue weighted by molar-refractivity contribution is 5.84. The Hall–Kier alpha value is -2.03. The van der Waals surface area contributed by atoms with Crippen LogP contribution in [0.4, 0.5) is 9.59 Å². The van der Waals surface area contributed by atoms with Gasteiger partial charge in [-0.3, -0.25) is 5.73 Å². The van der Waals surface area contributed by atoms with E-state index in [-0.39, 0.29) is 19.4 Å². The number of urea groups is 2. The third kappa shape index (κ3) is 5.00. The Morgan fingerprint density at radius 2 is 1.75 bits per heavy atom. The summed E-state index contributed by atoms with van der Waals surface area (Å²) in [6.45, 7) is 0.155. The highest BCUT2D eigenvalue weighted by Gasteiger charge is 2.34. The maximum absolute atomic E-state index is 10.8. The van der Waals surface area contributed by atoms with Crippen molar-refractivity contribution in [3.05, 3.63) is 0 Å². The Bertz CT molecular complexity index is 295. The SMILES string of the molecule is NC(=O)NCCC[C@@](N)(NC(N)=O)C(=O)O. The molecule has 0 aliphatic rings. The van der Waals surface area contributed by atoms with Crippen molar-refractivity contribution in [1.82, 2.24) is 10.6 Å². The number of carbonyl (C=O) groups excluding carboxylic acids is 2. The summed E-state index contributed by atoms with van der Waals surface area (Å²) in [5.74, 6) is -1.41. The van der Waals surface area contributed by atoms with Gasteiger partial charge in [-0.15, -0.1) is 0 Å². The van der Waals surface area contributed by atoms with Gasteiger partial charge in [0.1, 0.15) is 0 Å². The second-order valence-corrected chi connectivity index (χ2v) is 3.16. The van der Waals surface area contributed by atoms with Crippen LogP contribution in [0.25, 0.3) is 0 Å². The zero-order valence-electron chi connectivity index (χ0n) is 8.53. The maximum atomic E-state index is 10.8. The Labute approximate surface area is 91.3 Å². The summed E-state index contributed by atoms with van der Waals surface area (Å²) >= 11 is 0. The third-order valence-corrected chi connectivity index (χ3v) is 1.78. The molecule has 0 saturated carbocycles. The molecular weight excluding hydrogens is 218 g/mol. The first-order valence-electron chi connectivity index (χ1n) is 4.41. The number of hydrogen-bond acceptors (Lipinski definition) is 4. The number of rotatable bonds is 6. The van der Waals surface area contributed by atoms with E-state index >= 15 is 0 Å². The van der Waals surface area contributed by atoms with Crippen LogP contribution in [0.1, 0.15) is 12.8 Å². The normalized spacial score (nSPS) is 13.6. The van der Waals surface area contributed by atoms with E-state index in [1.165, 1.54) is 0 Å². The molecule has 9 N–H and O–H groups in total. The van der Waals surface area contributed by atoms with Crippen LogP contribution in [0.3, 0.4) is 0 Å². The molecule has 0 aromatic rings. The molecule has 0 saturated heterocycles. The lowest BCUT2D eigenvalue weighted by Gasteiger charge is -2.24. The molecular formula is C7H15N5O4. The van der Waals surface area contributed by atoms with E-state index in [1.54, 1.807) is 0 Å². The molecule has 0 aromatic carbocycles. The van der Waals surface area contributed by atoms with Gasteiger partial charge in [0.25, 0.3) is 0 Å². The predicted octanol–water partition coefficient (Wildman–Crippen LogP) is -2.16. The third-order valence-electron chi connectivity index (χ3n) is 1.78. The summed E-state index contributed by atoms with van der Waals surface area (Å²) in [5.41, 5.74) is 13.0. The Kier molecular flexibility index (Phi) is 5.02. The van der Waals surface area contributed by atoms with Crippen molar-refractivity contribution >= 4 is 18.0 Å². The van der Waals surface area contributed by atoms with Crippen molar-refractivity contribution in [3.63, 3.8) is 0 Å². The summed E-state index contributed by atoms with van der Waals surface area (Å²) in [6, 6.07) is -1.76. The number of nitrogens with one attached hydrogen (secondary N) is 2. The minimum Gasteiger partial charge on any atom is -0.478 e. The van der Waals surface area contributed by atoms with Crippen molar-refractivity contribution < 1.29 is 19.5 Å². The average molecular weight is 233 g/mol. The number of nitrogens with two attached hydrogens (primary N) is 3. The molecule has 0 radical (unpaired) electrons. The first-order chi connectivity index (χ1) is 7.28. The quantitative estimate of drug-likeness (QED) is 0.226. The van der Waals surface area contributed by atoms with E-state index in [2.05, 4.69) is 5.32 Å². The second kappa shape index (κ2) is 5.75. The topological polar surface area (TPSA) is 174 Å². The van der Waals surface area contributed by atoms with Gasteiger partial charge < -0.3 is 27.2 Å². The van der Waals surface area contributed by atoms with Crippen LogP contribution in [-0.2, 0) is 4.79 Å². The van der Waals surface area contributed by atoms with E-state index in [0.717, 1.165) is 0 Å². The molecule has 0 heterocycles.